The number of aryl methyl sites for hydroxylation is 1. The van der Waals surface area contributed by atoms with Crippen LogP contribution in [0.1, 0.15) is 85.3 Å². The van der Waals surface area contributed by atoms with Gasteiger partial charge in [0, 0.05) is 87.2 Å². The number of nitrogens with zero attached hydrogens (tertiary/aromatic N) is 5. The minimum absolute atomic E-state index is 0.0823. The first-order valence-electron chi connectivity index (χ1n) is 24.4. The third-order valence-corrected chi connectivity index (χ3v) is 17.2. The predicted molar refractivity (Wildman–Crippen MR) is 259 cm³/mol. The van der Waals surface area contributed by atoms with E-state index in [4.69, 9.17) is 19.2 Å². The van der Waals surface area contributed by atoms with Crippen molar-refractivity contribution in [3.8, 4) is 5.88 Å². The molecule has 0 unspecified atom stereocenters. The second kappa shape index (κ2) is 18.3. The molecule has 3 N–H and O–H groups in total. The lowest BCUT2D eigenvalue weighted by molar-refractivity contribution is -0.384. The van der Waals surface area contributed by atoms with Gasteiger partial charge in [0.25, 0.3) is 21.6 Å². The monoisotopic (exact) mass is 944 g/mol. The molecular formula is C51H60N8O8S. The van der Waals surface area contributed by atoms with Gasteiger partial charge in [-0.15, -0.1) is 0 Å². The van der Waals surface area contributed by atoms with E-state index in [0.717, 1.165) is 62.5 Å². The van der Waals surface area contributed by atoms with Gasteiger partial charge in [-0.25, -0.2) is 13.1 Å². The molecule has 5 aliphatic heterocycles. The fraction of sp³-hybridized carbons (Fsp3) is 0.490. The number of anilines is 4. The van der Waals surface area contributed by atoms with E-state index in [2.05, 4.69) is 56.0 Å². The zero-order valence-electron chi connectivity index (χ0n) is 38.5. The molecule has 68 heavy (non-hydrogen) atoms. The first-order valence-corrected chi connectivity index (χ1v) is 25.9. The summed E-state index contributed by atoms with van der Waals surface area (Å²) < 4.78 is 48.6. The molecule has 1 saturated carbocycles. The summed E-state index contributed by atoms with van der Waals surface area (Å²) in [6, 6.07) is 23.2. The number of piperidine rings is 1. The third kappa shape index (κ3) is 8.66. The van der Waals surface area contributed by atoms with Crippen LogP contribution < -0.4 is 24.6 Å². The van der Waals surface area contributed by atoms with E-state index in [9.17, 15) is 23.3 Å². The van der Waals surface area contributed by atoms with Crippen LogP contribution in [0.2, 0.25) is 0 Å². The number of aromatic amines is 1. The molecular weight excluding hydrogens is 885 g/mol. The van der Waals surface area contributed by atoms with Crippen molar-refractivity contribution in [3.05, 3.63) is 106 Å². The number of sulfonamides is 1. The second-order valence-electron chi connectivity index (χ2n) is 19.9. The van der Waals surface area contributed by atoms with E-state index in [-0.39, 0.29) is 29.2 Å². The van der Waals surface area contributed by atoms with Crippen LogP contribution in [-0.4, -0.2) is 105 Å². The van der Waals surface area contributed by atoms with Crippen molar-refractivity contribution in [2.45, 2.75) is 87.8 Å². The normalized spacial score (nSPS) is 23.3. The molecule has 5 fully saturated rings. The molecule has 17 heteroatoms. The summed E-state index contributed by atoms with van der Waals surface area (Å²) in [5.74, 6) is -0.255. The smallest absolute Gasteiger partial charge is 0.293 e. The average Bonchev–Trinajstić information content (AvgIpc) is 3.98. The van der Waals surface area contributed by atoms with Crippen molar-refractivity contribution in [2.75, 3.05) is 74.3 Å². The van der Waals surface area contributed by atoms with Gasteiger partial charge < -0.3 is 34.3 Å². The Hall–Kier alpha value is -5.75. The van der Waals surface area contributed by atoms with Crippen LogP contribution in [0.15, 0.2) is 83.9 Å². The highest BCUT2D eigenvalue weighted by atomic mass is 32.2. The number of carbonyl (C=O) groups is 1. The summed E-state index contributed by atoms with van der Waals surface area (Å²) in [4.78, 5) is 41.2. The molecule has 5 aromatic rings. The lowest BCUT2D eigenvalue weighted by atomic mass is 9.59. The standard InChI is InChI=1S/C51H60N8O8S/c1-33-5-2-3-6-40(33)43-7-4-19-57(43)38-28-51(29-38)16-20-56(21-17-51)37-8-10-41(44(26-37)58-31-36-32-66-24-15-47(36)67-50-46(58)25-35-12-18-52-48(35)54-50)49(60)55-68(63,64)39-9-11-42(45(27-39)59(61)62)53-30-34-13-22-65-23-14-34/h2-3,5-6,8-12,18,25-27,34,36,38,43,47,53H,4,7,13-17,19-24,28-32H2,1H3,(H,52,54)(H,55,60)/t36-,43-,47+/m0/s1. The zero-order chi connectivity index (χ0) is 46.6. The lowest BCUT2D eigenvalue weighted by Crippen LogP contribution is -2.54. The number of hydrogen-bond donors (Lipinski definition) is 3. The van der Waals surface area contributed by atoms with Crippen LogP contribution in [0, 0.1) is 34.3 Å². The van der Waals surface area contributed by atoms with Gasteiger partial charge in [0.1, 0.15) is 23.1 Å². The van der Waals surface area contributed by atoms with Gasteiger partial charge in [-0.3, -0.25) is 19.8 Å². The van der Waals surface area contributed by atoms with Gasteiger partial charge in [0.05, 0.1) is 34.3 Å². The number of nitro benzene ring substituents is 1. The number of nitro groups is 1. The number of hydrogen-bond acceptors (Lipinski definition) is 13. The summed E-state index contributed by atoms with van der Waals surface area (Å²) in [6.45, 7) is 8.27. The van der Waals surface area contributed by atoms with E-state index in [1.54, 1.807) is 6.07 Å². The topological polar surface area (TPSA) is 184 Å². The molecule has 1 spiro atoms. The van der Waals surface area contributed by atoms with Gasteiger partial charge in [-0.2, -0.15) is 4.98 Å². The van der Waals surface area contributed by atoms with E-state index in [1.807, 2.05) is 35.4 Å². The number of fused-ring (bicyclic) bond motifs is 3. The van der Waals surface area contributed by atoms with Gasteiger partial charge >= 0.3 is 0 Å². The third-order valence-electron chi connectivity index (χ3n) is 15.8. The lowest BCUT2D eigenvalue weighted by Gasteiger charge is -2.56. The maximum absolute atomic E-state index is 14.6. The molecule has 358 valence electrons. The summed E-state index contributed by atoms with van der Waals surface area (Å²) >= 11 is 0. The number of likely N-dealkylation sites (tertiary alicyclic amines) is 1. The maximum atomic E-state index is 14.6. The van der Waals surface area contributed by atoms with Crippen molar-refractivity contribution in [1.29, 1.82) is 0 Å². The van der Waals surface area contributed by atoms with Crippen LogP contribution in [0.25, 0.3) is 11.0 Å². The molecule has 0 radical (unpaired) electrons. The molecule has 6 aliphatic rings. The minimum Gasteiger partial charge on any atom is -0.472 e. The Balaban J connectivity index is 0.879. The summed E-state index contributed by atoms with van der Waals surface area (Å²) in [7, 11) is -4.59. The average molecular weight is 945 g/mol. The Morgan fingerprint density at radius 1 is 0.941 bits per heavy atom. The van der Waals surface area contributed by atoms with E-state index < -0.39 is 31.4 Å². The SMILES string of the molecule is Cc1ccccc1[C@@H]1CCCN1C1CC2(CCN(c3ccc(C(=O)NS(=O)(=O)c4ccc(NCC5CCOCC5)c([N+](=O)[O-])c4)c(N4C[C@H]5COCC[C@H]5Oc5nc6[nH]ccc6cc54)c3)CC2)C1. The Labute approximate surface area is 396 Å². The quantitative estimate of drug-likeness (QED) is 0.0851. The summed E-state index contributed by atoms with van der Waals surface area (Å²) in [5, 5.41) is 16.3. The highest BCUT2D eigenvalue weighted by Crippen LogP contribution is 2.54. The van der Waals surface area contributed by atoms with Gasteiger partial charge in [-0.1, -0.05) is 24.3 Å². The van der Waals surface area contributed by atoms with E-state index >= 15 is 0 Å². The largest absolute Gasteiger partial charge is 0.472 e. The maximum Gasteiger partial charge on any atom is 0.293 e. The Bertz CT molecular complexity index is 2820. The number of aromatic nitrogens is 2. The van der Waals surface area contributed by atoms with E-state index in [1.165, 1.54) is 48.9 Å². The highest BCUT2D eigenvalue weighted by Gasteiger charge is 2.50. The molecule has 3 atom stereocenters. The van der Waals surface area contributed by atoms with Crippen LogP contribution in [-0.2, 0) is 19.5 Å². The van der Waals surface area contributed by atoms with Gasteiger partial charge in [0.2, 0.25) is 5.88 Å². The first-order chi connectivity index (χ1) is 33.0. The number of pyridine rings is 1. The van der Waals surface area contributed by atoms with Crippen LogP contribution in [0.4, 0.5) is 28.4 Å². The molecule has 11 rings (SSSR count). The van der Waals surface area contributed by atoms with E-state index in [0.29, 0.717) is 86.3 Å². The Morgan fingerprint density at radius 3 is 2.56 bits per heavy atom. The van der Waals surface area contributed by atoms with Crippen molar-refractivity contribution in [2.24, 2.45) is 17.3 Å². The van der Waals surface area contributed by atoms with Crippen molar-refractivity contribution >= 4 is 55.4 Å². The predicted octanol–water partition coefficient (Wildman–Crippen LogP) is 8.26. The molecule has 2 aromatic heterocycles. The number of ether oxygens (including phenoxy) is 3. The number of nitrogens with one attached hydrogen (secondary N) is 3. The molecule has 4 saturated heterocycles. The number of amides is 1. The van der Waals surface area contributed by atoms with Crippen LogP contribution in [0.5, 0.6) is 5.88 Å². The van der Waals surface area contributed by atoms with Gasteiger partial charge in [-0.05, 0) is 130 Å². The molecule has 7 heterocycles. The Kier molecular flexibility index (Phi) is 12.0. The van der Waals surface area contributed by atoms with Crippen LogP contribution >= 0.6 is 0 Å². The van der Waals surface area contributed by atoms with Crippen molar-refractivity contribution in [3.63, 3.8) is 0 Å². The Morgan fingerprint density at radius 2 is 1.75 bits per heavy atom. The van der Waals surface area contributed by atoms with Crippen LogP contribution in [0.3, 0.4) is 0 Å². The minimum atomic E-state index is -4.59. The first kappa shape index (κ1) is 44.7. The fourth-order valence-electron chi connectivity index (χ4n) is 11.9. The number of rotatable bonds is 11. The molecule has 1 amide bonds. The number of carbonyl (C=O) groups excluding carboxylic acids is 1. The molecule has 0 bridgehead atoms. The summed E-state index contributed by atoms with van der Waals surface area (Å²) in [5.41, 5.74) is 5.85. The zero-order valence-corrected chi connectivity index (χ0v) is 39.3. The second-order valence-corrected chi connectivity index (χ2v) is 21.6. The fourth-order valence-corrected chi connectivity index (χ4v) is 12.9. The number of benzene rings is 3. The molecule has 3 aromatic carbocycles. The van der Waals surface area contributed by atoms with Gasteiger partial charge in [0.15, 0.2) is 0 Å². The molecule has 16 nitrogen and oxygen atoms in total. The highest BCUT2D eigenvalue weighted by molar-refractivity contribution is 7.90. The molecule has 1 aliphatic carbocycles. The van der Waals surface area contributed by atoms with Crippen molar-refractivity contribution in [1.82, 2.24) is 19.6 Å². The van der Waals surface area contributed by atoms with Crippen molar-refractivity contribution < 1.29 is 32.3 Å². The summed E-state index contributed by atoms with van der Waals surface area (Å²) in [6.07, 6.45) is 10.9. The number of H-pyrrole nitrogens is 1.